The largest absolute Gasteiger partial charge is 0.309 e. The Hall–Kier alpha value is 0.120. The molecule has 1 nitrogen and oxygen atoms in total. The third-order valence-electron chi connectivity index (χ3n) is 2.91. The smallest absolute Gasteiger partial charge is 0.129 e. The molecule has 6 heteroatoms. The van der Waals surface area contributed by atoms with Crippen LogP contribution in [0, 0.1) is 9.39 Å². The minimum Gasteiger partial charge on any atom is -0.309 e. The van der Waals surface area contributed by atoms with E-state index < -0.39 is 0 Å². The molecule has 2 aromatic carbocycles. The molecule has 106 valence electrons. The molecule has 2 rings (SSSR count). The summed E-state index contributed by atoms with van der Waals surface area (Å²) in [7, 11) is 1.77. The Labute approximate surface area is 149 Å². The van der Waals surface area contributed by atoms with Gasteiger partial charge in [-0.15, -0.1) is 0 Å². The summed E-state index contributed by atoms with van der Waals surface area (Å²) in [6.07, 6.45) is 0. The minimum absolute atomic E-state index is 0.314. The summed E-state index contributed by atoms with van der Waals surface area (Å²) in [6, 6.07) is 8.23. The Morgan fingerprint density at radius 1 is 1.20 bits per heavy atom. The molecule has 1 atom stereocenters. The van der Waals surface area contributed by atoms with Gasteiger partial charge in [0.1, 0.15) is 5.82 Å². The van der Waals surface area contributed by atoms with Crippen molar-refractivity contribution in [3.63, 3.8) is 0 Å². The van der Waals surface area contributed by atoms with E-state index in [9.17, 15) is 4.39 Å². The Balaban J connectivity index is 2.58. The maximum atomic E-state index is 14.2. The van der Waals surface area contributed by atoms with Gasteiger partial charge in [0.2, 0.25) is 0 Å². The number of rotatable bonds is 3. The highest BCUT2D eigenvalue weighted by molar-refractivity contribution is 14.1. The third-order valence-corrected chi connectivity index (χ3v) is 5.32. The number of benzene rings is 2. The molecular weight excluding hydrogens is 479 g/mol. The molecule has 0 amide bonds. The highest BCUT2D eigenvalue weighted by Crippen LogP contribution is 2.34. The van der Waals surface area contributed by atoms with Crippen LogP contribution in [0.2, 0.25) is 10.0 Å². The molecule has 0 radical (unpaired) electrons. The van der Waals surface area contributed by atoms with Gasteiger partial charge in [-0.1, -0.05) is 23.2 Å². The molecule has 0 fully saturated rings. The van der Waals surface area contributed by atoms with Gasteiger partial charge < -0.3 is 5.32 Å². The molecule has 0 bridgehead atoms. The lowest BCUT2D eigenvalue weighted by Crippen LogP contribution is -2.20. The average molecular weight is 489 g/mol. The normalized spacial score (nSPS) is 12.5. The van der Waals surface area contributed by atoms with Crippen molar-refractivity contribution in [3.05, 3.63) is 65.4 Å². The highest BCUT2D eigenvalue weighted by atomic mass is 127. The van der Waals surface area contributed by atoms with E-state index in [0.29, 0.717) is 20.1 Å². The highest BCUT2D eigenvalue weighted by Gasteiger charge is 2.20. The second kappa shape index (κ2) is 6.92. The van der Waals surface area contributed by atoms with Crippen LogP contribution in [0.25, 0.3) is 0 Å². The molecule has 0 aliphatic carbocycles. The van der Waals surface area contributed by atoms with Crippen LogP contribution in [0.1, 0.15) is 17.2 Å². The molecule has 20 heavy (non-hydrogen) atoms. The van der Waals surface area contributed by atoms with Gasteiger partial charge in [0.05, 0.1) is 11.1 Å². The lowest BCUT2D eigenvalue weighted by Gasteiger charge is -2.20. The predicted octanol–water partition coefficient (Wildman–Crippen LogP) is 5.81. The fraction of sp³-hybridized carbons (Fsp3) is 0.143. The Bertz CT molecular complexity index is 651. The SMILES string of the molecule is CNC(c1cc(Cl)c(Br)cc1F)c1cc(Cl)ccc1I. The molecule has 1 unspecified atom stereocenters. The van der Waals surface area contributed by atoms with Crippen LogP contribution in [-0.4, -0.2) is 7.05 Å². The zero-order chi connectivity index (χ0) is 14.9. The second-order valence-electron chi connectivity index (χ2n) is 4.18. The fourth-order valence-electron chi connectivity index (χ4n) is 1.97. The summed E-state index contributed by atoms with van der Waals surface area (Å²) in [5.41, 5.74) is 1.40. The molecule has 0 aliphatic heterocycles. The summed E-state index contributed by atoms with van der Waals surface area (Å²) >= 11 is 17.5. The van der Waals surface area contributed by atoms with Crippen LogP contribution in [0.5, 0.6) is 0 Å². The van der Waals surface area contributed by atoms with Gasteiger partial charge in [0.25, 0.3) is 0 Å². The quantitative estimate of drug-likeness (QED) is 0.425. The third kappa shape index (κ3) is 3.47. The van der Waals surface area contributed by atoms with E-state index in [1.165, 1.54) is 6.07 Å². The van der Waals surface area contributed by atoms with Gasteiger partial charge in [-0.3, -0.25) is 0 Å². The molecule has 0 aliphatic rings. The van der Waals surface area contributed by atoms with Gasteiger partial charge in [-0.25, -0.2) is 4.39 Å². The predicted molar refractivity (Wildman–Crippen MR) is 94.2 cm³/mol. The lowest BCUT2D eigenvalue weighted by atomic mass is 9.98. The monoisotopic (exact) mass is 487 g/mol. The molecule has 0 saturated heterocycles. The van der Waals surface area contributed by atoms with Crippen molar-refractivity contribution in [1.82, 2.24) is 5.32 Å². The molecular formula is C14H10BrCl2FIN. The van der Waals surface area contributed by atoms with Crippen LogP contribution in [0.15, 0.2) is 34.8 Å². The Morgan fingerprint density at radius 3 is 2.55 bits per heavy atom. The first-order chi connectivity index (χ1) is 9.43. The van der Waals surface area contributed by atoms with Gasteiger partial charge >= 0.3 is 0 Å². The van der Waals surface area contributed by atoms with Crippen LogP contribution in [0.3, 0.4) is 0 Å². The first-order valence-corrected chi connectivity index (χ1v) is 8.33. The van der Waals surface area contributed by atoms with Crippen molar-refractivity contribution < 1.29 is 4.39 Å². The number of nitrogens with one attached hydrogen (secondary N) is 1. The van der Waals surface area contributed by atoms with E-state index in [4.69, 9.17) is 23.2 Å². The Morgan fingerprint density at radius 2 is 1.90 bits per heavy atom. The molecule has 0 heterocycles. The van der Waals surface area contributed by atoms with E-state index in [1.54, 1.807) is 13.1 Å². The topological polar surface area (TPSA) is 12.0 Å². The summed E-state index contributed by atoms with van der Waals surface area (Å²) in [5.74, 6) is -0.323. The van der Waals surface area contributed by atoms with E-state index in [0.717, 1.165) is 9.13 Å². The number of halogens is 5. The van der Waals surface area contributed by atoms with Crippen molar-refractivity contribution in [1.29, 1.82) is 0 Å². The summed E-state index contributed by atoms with van der Waals surface area (Å²) < 4.78 is 15.8. The second-order valence-corrected chi connectivity index (χ2v) is 7.04. The van der Waals surface area contributed by atoms with Crippen LogP contribution >= 0.6 is 61.7 Å². The van der Waals surface area contributed by atoms with Crippen molar-refractivity contribution in [2.45, 2.75) is 6.04 Å². The van der Waals surface area contributed by atoms with E-state index in [2.05, 4.69) is 43.8 Å². The minimum atomic E-state index is -0.323. The zero-order valence-electron chi connectivity index (χ0n) is 10.4. The molecule has 0 spiro atoms. The molecule has 0 aromatic heterocycles. The summed E-state index contributed by atoms with van der Waals surface area (Å²) in [4.78, 5) is 0. The van der Waals surface area contributed by atoms with Crippen LogP contribution < -0.4 is 5.32 Å². The fourth-order valence-corrected chi connectivity index (χ4v) is 3.29. The van der Waals surface area contributed by atoms with Crippen molar-refractivity contribution in [2.24, 2.45) is 0 Å². The standard InChI is InChI=1S/C14H10BrCl2FIN/c1-20-14(9-4-7(16)2-3-13(9)19)8-5-11(17)10(15)6-12(8)18/h2-6,14,20H,1H3. The maximum absolute atomic E-state index is 14.2. The van der Waals surface area contributed by atoms with Crippen molar-refractivity contribution in [2.75, 3.05) is 7.05 Å². The van der Waals surface area contributed by atoms with Crippen LogP contribution in [-0.2, 0) is 0 Å². The molecule has 2 aromatic rings. The van der Waals surface area contributed by atoms with E-state index >= 15 is 0 Å². The van der Waals surface area contributed by atoms with Crippen molar-refractivity contribution >= 4 is 61.7 Å². The van der Waals surface area contributed by atoms with Crippen molar-refractivity contribution in [3.8, 4) is 0 Å². The first kappa shape index (κ1) is 16.5. The number of hydrogen-bond acceptors (Lipinski definition) is 1. The summed E-state index contributed by atoms with van der Waals surface area (Å²) in [5, 5.41) is 4.20. The van der Waals surface area contributed by atoms with E-state index in [-0.39, 0.29) is 11.9 Å². The zero-order valence-corrected chi connectivity index (χ0v) is 15.6. The molecule has 1 N–H and O–H groups in total. The Kier molecular flexibility index (Phi) is 5.71. The van der Waals surface area contributed by atoms with Gasteiger partial charge in [-0.2, -0.15) is 0 Å². The molecule has 0 saturated carbocycles. The first-order valence-electron chi connectivity index (χ1n) is 5.70. The summed E-state index contributed by atoms with van der Waals surface area (Å²) in [6.45, 7) is 0. The average Bonchev–Trinajstić information content (AvgIpc) is 2.40. The van der Waals surface area contributed by atoms with E-state index in [1.807, 2.05) is 18.2 Å². The maximum Gasteiger partial charge on any atom is 0.129 e. The van der Waals surface area contributed by atoms with Crippen LogP contribution in [0.4, 0.5) is 4.39 Å². The van der Waals surface area contributed by atoms with Gasteiger partial charge in [-0.05, 0) is 81.5 Å². The lowest BCUT2D eigenvalue weighted by molar-refractivity contribution is 0.574. The van der Waals surface area contributed by atoms with Gasteiger partial charge in [0.15, 0.2) is 0 Å². The van der Waals surface area contributed by atoms with Gasteiger partial charge in [0, 0.05) is 18.6 Å². The number of hydrogen-bond donors (Lipinski definition) is 1.